The molecule has 2 aromatic rings. The third-order valence-corrected chi connectivity index (χ3v) is 5.24. The minimum atomic E-state index is -2.26. The molecule has 148 valence electrons. The zero-order chi connectivity index (χ0) is 20.5. The number of aliphatic hydroxyl groups excluding tert-OH is 4. The second kappa shape index (κ2) is 8.02. The summed E-state index contributed by atoms with van der Waals surface area (Å²) in [5, 5.41) is 50.7. The molecule has 0 spiro atoms. The van der Waals surface area contributed by atoms with Gasteiger partial charge in [0.1, 0.15) is 24.4 Å². The SMILES string of the molecule is C#Cc1ccc(Cc2cc([C@@]3(O)O[C@H](CO)[C@@H](O)[C@H](O)[C@H]3O)ccc2C)cc1. The van der Waals surface area contributed by atoms with Crippen molar-refractivity contribution in [2.24, 2.45) is 0 Å². The van der Waals surface area contributed by atoms with Gasteiger partial charge in [-0.05, 0) is 48.2 Å². The van der Waals surface area contributed by atoms with Gasteiger partial charge in [0.05, 0.1) is 6.61 Å². The molecule has 1 aliphatic rings. The maximum absolute atomic E-state index is 11.0. The van der Waals surface area contributed by atoms with Gasteiger partial charge in [-0.3, -0.25) is 0 Å². The molecule has 0 amide bonds. The molecule has 1 fully saturated rings. The van der Waals surface area contributed by atoms with Crippen molar-refractivity contribution in [2.75, 3.05) is 6.61 Å². The van der Waals surface area contributed by atoms with Crippen LogP contribution in [-0.4, -0.2) is 56.6 Å². The average Bonchev–Trinajstić information content (AvgIpc) is 2.71. The fourth-order valence-corrected chi connectivity index (χ4v) is 3.42. The second-order valence-corrected chi connectivity index (χ2v) is 7.12. The van der Waals surface area contributed by atoms with E-state index in [9.17, 15) is 25.5 Å². The summed E-state index contributed by atoms with van der Waals surface area (Å²) in [6, 6.07) is 12.6. The maximum atomic E-state index is 11.0. The standard InChI is InChI=1S/C22H24O6/c1-3-14-5-7-15(8-6-14)10-16-11-17(9-4-13(16)2)22(27)21(26)20(25)19(24)18(12-23)28-22/h1,4-9,11,18-21,23-27H,10,12H2,2H3/t18-,19-,20+,21-,22-/m1/s1. The van der Waals surface area contributed by atoms with Crippen LogP contribution in [0.25, 0.3) is 0 Å². The molecule has 0 aromatic heterocycles. The molecule has 1 saturated heterocycles. The summed E-state index contributed by atoms with van der Waals surface area (Å²) < 4.78 is 5.40. The summed E-state index contributed by atoms with van der Waals surface area (Å²) in [6.45, 7) is 1.31. The van der Waals surface area contributed by atoms with Crippen LogP contribution in [0.3, 0.4) is 0 Å². The lowest BCUT2D eigenvalue weighted by Crippen LogP contribution is -2.63. The zero-order valence-electron chi connectivity index (χ0n) is 15.5. The van der Waals surface area contributed by atoms with Crippen molar-refractivity contribution in [2.45, 2.75) is 43.5 Å². The molecule has 0 bridgehead atoms. The predicted molar refractivity (Wildman–Crippen MR) is 102 cm³/mol. The Morgan fingerprint density at radius 2 is 1.75 bits per heavy atom. The van der Waals surface area contributed by atoms with E-state index in [2.05, 4.69) is 5.92 Å². The normalized spacial score (nSPS) is 30.0. The first-order valence-corrected chi connectivity index (χ1v) is 9.01. The molecule has 6 nitrogen and oxygen atoms in total. The lowest BCUT2D eigenvalue weighted by atomic mass is 9.86. The summed E-state index contributed by atoms with van der Waals surface area (Å²) in [7, 11) is 0. The lowest BCUT2D eigenvalue weighted by Gasteiger charge is -2.45. The molecule has 5 atom stereocenters. The molecular weight excluding hydrogens is 360 g/mol. The van der Waals surface area contributed by atoms with Crippen LogP contribution in [0.4, 0.5) is 0 Å². The molecular formula is C22H24O6. The van der Waals surface area contributed by atoms with Gasteiger partial charge >= 0.3 is 0 Å². The van der Waals surface area contributed by atoms with Crippen molar-refractivity contribution >= 4 is 0 Å². The average molecular weight is 384 g/mol. The Labute approximate surface area is 163 Å². The van der Waals surface area contributed by atoms with Crippen LogP contribution >= 0.6 is 0 Å². The van der Waals surface area contributed by atoms with E-state index >= 15 is 0 Å². The molecule has 3 rings (SSSR count). The Morgan fingerprint density at radius 1 is 1.07 bits per heavy atom. The first kappa shape index (κ1) is 20.5. The number of rotatable bonds is 4. The molecule has 2 aromatic carbocycles. The summed E-state index contributed by atoms with van der Waals surface area (Å²) in [5.41, 5.74) is 3.88. The van der Waals surface area contributed by atoms with Crippen LogP contribution in [0.1, 0.15) is 27.8 Å². The van der Waals surface area contributed by atoms with E-state index in [0.29, 0.717) is 6.42 Å². The van der Waals surface area contributed by atoms with E-state index in [4.69, 9.17) is 11.2 Å². The van der Waals surface area contributed by atoms with Crippen LogP contribution in [0.15, 0.2) is 42.5 Å². The molecule has 1 heterocycles. The molecule has 5 N–H and O–H groups in total. The number of ether oxygens (including phenoxy) is 1. The maximum Gasteiger partial charge on any atom is 0.222 e. The van der Waals surface area contributed by atoms with E-state index in [1.54, 1.807) is 18.2 Å². The smallest absolute Gasteiger partial charge is 0.222 e. The zero-order valence-corrected chi connectivity index (χ0v) is 15.5. The highest BCUT2D eigenvalue weighted by atomic mass is 16.7. The van der Waals surface area contributed by atoms with Crippen LogP contribution in [0.2, 0.25) is 0 Å². The van der Waals surface area contributed by atoms with Crippen LogP contribution < -0.4 is 0 Å². The number of aryl methyl sites for hydroxylation is 1. The number of benzene rings is 2. The monoisotopic (exact) mass is 384 g/mol. The molecule has 0 saturated carbocycles. The largest absolute Gasteiger partial charge is 0.394 e. The molecule has 0 radical (unpaired) electrons. The van der Waals surface area contributed by atoms with E-state index in [-0.39, 0.29) is 5.56 Å². The first-order valence-electron chi connectivity index (χ1n) is 9.01. The first-order chi connectivity index (χ1) is 13.3. The topological polar surface area (TPSA) is 110 Å². The molecule has 6 heteroatoms. The van der Waals surface area contributed by atoms with E-state index in [1.807, 2.05) is 31.2 Å². The van der Waals surface area contributed by atoms with Gasteiger partial charge in [0.2, 0.25) is 5.79 Å². The highest BCUT2D eigenvalue weighted by molar-refractivity contribution is 5.40. The number of hydrogen-bond acceptors (Lipinski definition) is 6. The van der Waals surface area contributed by atoms with Gasteiger partial charge in [-0.2, -0.15) is 0 Å². The van der Waals surface area contributed by atoms with Crippen molar-refractivity contribution < 1.29 is 30.3 Å². The van der Waals surface area contributed by atoms with Crippen LogP contribution in [0.5, 0.6) is 0 Å². The van der Waals surface area contributed by atoms with Gasteiger partial charge in [-0.1, -0.05) is 30.2 Å². The van der Waals surface area contributed by atoms with Crippen LogP contribution in [0, 0.1) is 19.3 Å². The fraction of sp³-hybridized carbons (Fsp3) is 0.364. The Balaban J connectivity index is 1.94. The number of aliphatic hydroxyl groups is 5. The Morgan fingerprint density at radius 3 is 2.36 bits per heavy atom. The van der Waals surface area contributed by atoms with Crippen molar-refractivity contribution in [3.63, 3.8) is 0 Å². The predicted octanol–water partition coefficient (Wildman–Crippen LogP) is 0.186. The van der Waals surface area contributed by atoms with Gasteiger partial charge in [-0.25, -0.2) is 0 Å². The van der Waals surface area contributed by atoms with Gasteiger partial charge in [-0.15, -0.1) is 6.42 Å². The van der Waals surface area contributed by atoms with Crippen molar-refractivity contribution in [1.29, 1.82) is 0 Å². The Kier molecular flexibility index (Phi) is 5.87. The highest BCUT2D eigenvalue weighted by Gasteiger charge is 2.53. The quantitative estimate of drug-likeness (QED) is 0.481. The summed E-state index contributed by atoms with van der Waals surface area (Å²) in [6.07, 6.45) is -0.258. The van der Waals surface area contributed by atoms with Gasteiger partial charge in [0, 0.05) is 11.1 Å². The molecule has 28 heavy (non-hydrogen) atoms. The molecule has 0 aliphatic carbocycles. The van der Waals surface area contributed by atoms with Crippen molar-refractivity contribution in [3.05, 3.63) is 70.3 Å². The highest BCUT2D eigenvalue weighted by Crippen LogP contribution is 2.37. The van der Waals surface area contributed by atoms with Gasteiger partial charge in [0.15, 0.2) is 0 Å². The second-order valence-electron chi connectivity index (χ2n) is 7.12. The minimum Gasteiger partial charge on any atom is -0.394 e. The fourth-order valence-electron chi connectivity index (χ4n) is 3.42. The molecule has 0 unspecified atom stereocenters. The third kappa shape index (κ3) is 3.69. The van der Waals surface area contributed by atoms with E-state index < -0.39 is 36.8 Å². The molecule has 1 aliphatic heterocycles. The summed E-state index contributed by atoms with van der Waals surface area (Å²) in [4.78, 5) is 0. The summed E-state index contributed by atoms with van der Waals surface area (Å²) >= 11 is 0. The van der Waals surface area contributed by atoms with Gasteiger partial charge < -0.3 is 30.3 Å². The number of terminal acetylenes is 1. The Hall–Kier alpha value is -2.24. The van der Waals surface area contributed by atoms with E-state index in [1.165, 1.54) is 0 Å². The summed E-state index contributed by atoms with van der Waals surface area (Å²) in [5.74, 6) is 0.305. The Bertz CT molecular complexity index is 870. The van der Waals surface area contributed by atoms with Crippen molar-refractivity contribution in [3.8, 4) is 12.3 Å². The third-order valence-electron chi connectivity index (χ3n) is 5.24. The van der Waals surface area contributed by atoms with Crippen LogP contribution in [-0.2, 0) is 16.9 Å². The van der Waals surface area contributed by atoms with Gasteiger partial charge in [0.25, 0.3) is 0 Å². The number of hydrogen-bond donors (Lipinski definition) is 5. The minimum absolute atomic E-state index is 0.227. The van der Waals surface area contributed by atoms with E-state index in [0.717, 1.165) is 22.3 Å². The van der Waals surface area contributed by atoms with Crippen molar-refractivity contribution in [1.82, 2.24) is 0 Å². The lowest BCUT2D eigenvalue weighted by molar-refractivity contribution is -0.357.